The molecule has 0 saturated carbocycles. The summed E-state index contributed by atoms with van der Waals surface area (Å²) in [5, 5.41) is 0. The highest BCUT2D eigenvalue weighted by Crippen LogP contribution is 2.12. The van der Waals surface area contributed by atoms with E-state index in [9.17, 15) is 4.79 Å². The summed E-state index contributed by atoms with van der Waals surface area (Å²) in [5.74, 6) is -0.0391. The fourth-order valence-electron chi connectivity index (χ4n) is 1.58. The molecular weight excluding hydrogens is 214 g/mol. The van der Waals surface area contributed by atoms with E-state index in [0.717, 1.165) is 6.42 Å². The van der Waals surface area contributed by atoms with E-state index in [1.54, 1.807) is 0 Å². The third kappa shape index (κ3) is 3.68. The number of halogens is 1. The largest absolute Gasteiger partial charge is 0.377 e. The predicted octanol–water partition coefficient (Wildman–Crippen LogP) is 1.93. The Bertz CT molecular complexity index is 263. The number of hydrogen-bond acceptors (Lipinski definition) is 2. The Balaban J connectivity index is 2.60. The summed E-state index contributed by atoms with van der Waals surface area (Å²) < 4.78 is 5.35. The molecule has 15 heavy (non-hydrogen) atoms. The molecule has 0 bridgehead atoms. The van der Waals surface area contributed by atoms with Gasteiger partial charge in [-0.25, -0.2) is 0 Å². The molecule has 1 atom stereocenters. The van der Waals surface area contributed by atoms with Gasteiger partial charge in [-0.2, -0.15) is 0 Å². The van der Waals surface area contributed by atoms with Crippen molar-refractivity contribution in [3.05, 3.63) is 23.8 Å². The SMILES string of the molecule is C/C=C/CC1COCCN1C(=O)/C=C\Cl. The van der Waals surface area contributed by atoms with Gasteiger partial charge in [-0.1, -0.05) is 23.8 Å². The van der Waals surface area contributed by atoms with Crippen LogP contribution in [-0.4, -0.2) is 36.6 Å². The molecule has 0 aliphatic carbocycles. The van der Waals surface area contributed by atoms with Crippen LogP contribution in [-0.2, 0) is 9.53 Å². The molecule has 0 aromatic heterocycles. The molecule has 0 aromatic carbocycles. The second-order valence-electron chi connectivity index (χ2n) is 3.36. The highest BCUT2D eigenvalue weighted by molar-refractivity contribution is 6.26. The maximum atomic E-state index is 11.6. The number of nitrogens with zero attached hydrogens (tertiary/aromatic N) is 1. The Morgan fingerprint density at radius 2 is 2.47 bits per heavy atom. The van der Waals surface area contributed by atoms with Crippen molar-refractivity contribution >= 4 is 17.5 Å². The molecule has 1 heterocycles. The molecule has 0 radical (unpaired) electrons. The van der Waals surface area contributed by atoms with Crippen molar-refractivity contribution in [2.24, 2.45) is 0 Å². The van der Waals surface area contributed by atoms with E-state index in [-0.39, 0.29) is 11.9 Å². The van der Waals surface area contributed by atoms with Crippen molar-refractivity contribution in [2.75, 3.05) is 19.8 Å². The second-order valence-corrected chi connectivity index (χ2v) is 3.61. The van der Waals surface area contributed by atoms with Gasteiger partial charge in [-0.15, -0.1) is 0 Å². The monoisotopic (exact) mass is 229 g/mol. The zero-order chi connectivity index (χ0) is 11.1. The van der Waals surface area contributed by atoms with Crippen molar-refractivity contribution in [1.29, 1.82) is 0 Å². The molecule has 3 nitrogen and oxygen atoms in total. The molecule has 1 aliphatic rings. The van der Waals surface area contributed by atoms with Gasteiger partial charge in [0, 0.05) is 18.2 Å². The van der Waals surface area contributed by atoms with Crippen molar-refractivity contribution < 1.29 is 9.53 Å². The van der Waals surface area contributed by atoms with Crippen LogP contribution in [0.3, 0.4) is 0 Å². The van der Waals surface area contributed by atoms with Crippen LogP contribution in [0.4, 0.5) is 0 Å². The highest BCUT2D eigenvalue weighted by Gasteiger charge is 2.24. The third-order valence-electron chi connectivity index (χ3n) is 2.36. The van der Waals surface area contributed by atoms with E-state index >= 15 is 0 Å². The van der Waals surface area contributed by atoms with Gasteiger partial charge < -0.3 is 9.64 Å². The molecule has 1 aliphatic heterocycles. The first-order valence-electron chi connectivity index (χ1n) is 5.06. The number of ether oxygens (including phenoxy) is 1. The lowest BCUT2D eigenvalue weighted by atomic mass is 10.1. The summed E-state index contributed by atoms with van der Waals surface area (Å²) >= 11 is 5.39. The smallest absolute Gasteiger partial charge is 0.247 e. The Labute approximate surface area is 95.3 Å². The number of allylic oxidation sites excluding steroid dienone is 1. The van der Waals surface area contributed by atoms with Gasteiger partial charge in [0.15, 0.2) is 0 Å². The van der Waals surface area contributed by atoms with Gasteiger partial charge in [-0.05, 0) is 13.3 Å². The third-order valence-corrected chi connectivity index (χ3v) is 2.49. The summed E-state index contributed by atoms with van der Waals surface area (Å²) in [4.78, 5) is 13.5. The van der Waals surface area contributed by atoms with E-state index in [0.29, 0.717) is 19.8 Å². The fourth-order valence-corrected chi connectivity index (χ4v) is 1.69. The maximum Gasteiger partial charge on any atom is 0.247 e. The molecular formula is C11H16ClNO2. The molecule has 0 spiro atoms. The van der Waals surface area contributed by atoms with E-state index in [1.807, 2.05) is 24.0 Å². The molecule has 0 aromatic rings. The summed E-state index contributed by atoms with van der Waals surface area (Å²) in [7, 11) is 0. The molecule has 1 saturated heterocycles. The minimum Gasteiger partial charge on any atom is -0.377 e. The first-order valence-corrected chi connectivity index (χ1v) is 5.49. The van der Waals surface area contributed by atoms with Crippen LogP contribution in [0.15, 0.2) is 23.8 Å². The van der Waals surface area contributed by atoms with Gasteiger partial charge >= 0.3 is 0 Å². The Morgan fingerprint density at radius 1 is 1.67 bits per heavy atom. The van der Waals surface area contributed by atoms with Crippen LogP contribution in [0.5, 0.6) is 0 Å². The van der Waals surface area contributed by atoms with Crippen LogP contribution >= 0.6 is 11.6 Å². The summed E-state index contributed by atoms with van der Waals surface area (Å²) in [5.41, 5.74) is 1.25. The van der Waals surface area contributed by atoms with E-state index in [2.05, 4.69) is 0 Å². The van der Waals surface area contributed by atoms with Crippen LogP contribution < -0.4 is 0 Å². The van der Waals surface area contributed by atoms with Gasteiger partial charge in [0.1, 0.15) is 0 Å². The minimum absolute atomic E-state index is 0.0391. The van der Waals surface area contributed by atoms with E-state index in [1.165, 1.54) is 11.6 Å². The summed E-state index contributed by atoms with van der Waals surface area (Å²) in [6.45, 7) is 3.82. The number of amides is 1. The van der Waals surface area contributed by atoms with Gasteiger partial charge in [0.2, 0.25) is 5.91 Å². The van der Waals surface area contributed by atoms with Gasteiger partial charge in [0.05, 0.1) is 19.3 Å². The quantitative estimate of drug-likeness (QED) is 0.547. The average molecular weight is 230 g/mol. The van der Waals surface area contributed by atoms with Gasteiger partial charge in [-0.3, -0.25) is 4.79 Å². The Kier molecular flexibility index (Phi) is 5.43. The lowest BCUT2D eigenvalue weighted by Crippen LogP contribution is -2.47. The molecule has 84 valence electrons. The number of carbonyl (C=O) groups is 1. The average Bonchev–Trinajstić information content (AvgIpc) is 2.27. The molecule has 0 N–H and O–H groups in total. The lowest BCUT2D eigenvalue weighted by Gasteiger charge is -2.34. The van der Waals surface area contributed by atoms with E-state index < -0.39 is 0 Å². The minimum atomic E-state index is -0.0391. The number of rotatable bonds is 3. The number of morpholine rings is 1. The Hall–Kier alpha value is -0.800. The first-order chi connectivity index (χ1) is 7.29. The zero-order valence-corrected chi connectivity index (χ0v) is 9.61. The number of carbonyl (C=O) groups excluding carboxylic acids is 1. The predicted molar refractivity (Wildman–Crippen MR) is 60.7 cm³/mol. The van der Waals surface area contributed by atoms with Crippen molar-refractivity contribution in [1.82, 2.24) is 4.90 Å². The summed E-state index contributed by atoms with van der Waals surface area (Å²) in [6, 6.07) is 0.135. The number of hydrogen-bond donors (Lipinski definition) is 0. The molecule has 1 unspecified atom stereocenters. The normalized spacial score (nSPS) is 22.8. The Morgan fingerprint density at radius 3 is 3.13 bits per heavy atom. The van der Waals surface area contributed by atoms with Crippen molar-refractivity contribution in [2.45, 2.75) is 19.4 Å². The topological polar surface area (TPSA) is 29.5 Å². The van der Waals surface area contributed by atoms with Crippen LogP contribution in [0, 0.1) is 0 Å². The van der Waals surface area contributed by atoms with Crippen molar-refractivity contribution in [3.63, 3.8) is 0 Å². The van der Waals surface area contributed by atoms with Crippen LogP contribution in [0.25, 0.3) is 0 Å². The fraction of sp³-hybridized carbons (Fsp3) is 0.545. The maximum absolute atomic E-state index is 11.6. The molecule has 4 heteroatoms. The first kappa shape index (κ1) is 12.3. The highest BCUT2D eigenvalue weighted by atomic mass is 35.5. The van der Waals surface area contributed by atoms with Crippen LogP contribution in [0.2, 0.25) is 0 Å². The lowest BCUT2D eigenvalue weighted by molar-refractivity contribution is -0.134. The molecule has 1 fully saturated rings. The van der Waals surface area contributed by atoms with Crippen molar-refractivity contribution in [3.8, 4) is 0 Å². The second kappa shape index (κ2) is 6.64. The molecule has 1 rings (SSSR count). The standard InChI is InChI=1S/C11H16ClNO2/c1-2-3-4-10-9-15-8-7-13(10)11(14)5-6-12/h2-3,5-6,10H,4,7-9H2,1H3/b3-2+,6-5-. The summed E-state index contributed by atoms with van der Waals surface area (Å²) in [6.07, 6.45) is 6.24. The van der Waals surface area contributed by atoms with Crippen LogP contribution in [0.1, 0.15) is 13.3 Å². The molecule has 1 amide bonds. The zero-order valence-electron chi connectivity index (χ0n) is 8.86. The van der Waals surface area contributed by atoms with Gasteiger partial charge in [0.25, 0.3) is 0 Å². The van der Waals surface area contributed by atoms with E-state index in [4.69, 9.17) is 16.3 Å².